The molecule has 0 aromatic heterocycles. The molecule has 0 saturated heterocycles. The number of nitrogens with zero attached hydrogens (tertiary/aromatic N) is 1. The second kappa shape index (κ2) is 10.5. The number of benzene rings is 2. The molecule has 28 heavy (non-hydrogen) atoms. The molecule has 2 N–H and O–H groups in total. The number of anilines is 1. The van der Waals surface area contributed by atoms with Crippen LogP contribution in [0.15, 0.2) is 54.6 Å². The molecule has 0 bridgehead atoms. The highest BCUT2D eigenvalue weighted by Gasteiger charge is 2.17. The van der Waals surface area contributed by atoms with E-state index in [9.17, 15) is 14.4 Å². The Morgan fingerprint density at radius 1 is 1.00 bits per heavy atom. The lowest BCUT2D eigenvalue weighted by Gasteiger charge is -2.22. The molecule has 0 heterocycles. The Labute approximate surface area is 172 Å². The van der Waals surface area contributed by atoms with Crippen LogP contribution in [-0.4, -0.2) is 30.9 Å². The third kappa shape index (κ3) is 6.40. The molecule has 2 aromatic rings. The Kier molecular flexibility index (Phi) is 8.04. The maximum Gasteiger partial charge on any atom is 0.331 e. The van der Waals surface area contributed by atoms with E-state index in [-0.39, 0.29) is 13.0 Å². The van der Waals surface area contributed by atoms with Gasteiger partial charge in [0.25, 0.3) is 5.91 Å². The van der Waals surface area contributed by atoms with Crippen molar-refractivity contribution in [3.05, 3.63) is 70.2 Å². The van der Waals surface area contributed by atoms with E-state index in [0.29, 0.717) is 21.3 Å². The van der Waals surface area contributed by atoms with Crippen molar-refractivity contribution in [1.29, 1.82) is 0 Å². The largest absolute Gasteiger partial charge is 0.452 e. The summed E-state index contributed by atoms with van der Waals surface area (Å²) in [5, 5.41) is 0.767. The summed E-state index contributed by atoms with van der Waals surface area (Å²) in [5.74, 6) is -1.75. The fraction of sp³-hybridized carbons (Fsp3) is 0.150. The van der Waals surface area contributed by atoms with Crippen molar-refractivity contribution in [2.24, 2.45) is 5.73 Å². The molecular formula is C20H18Cl2N2O4. The lowest BCUT2D eigenvalue weighted by atomic mass is 10.2. The van der Waals surface area contributed by atoms with Gasteiger partial charge in [-0.2, -0.15) is 0 Å². The minimum absolute atomic E-state index is 0.0144. The molecule has 6 nitrogen and oxygen atoms in total. The summed E-state index contributed by atoms with van der Waals surface area (Å²) in [6.45, 7) is -0.409. The zero-order valence-corrected chi connectivity index (χ0v) is 16.3. The van der Waals surface area contributed by atoms with Gasteiger partial charge < -0.3 is 15.4 Å². The Morgan fingerprint density at radius 3 is 2.25 bits per heavy atom. The number of carbonyl (C=O) groups excluding carboxylic acids is 3. The van der Waals surface area contributed by atoms with Gasteiger partial charge in [-0.25, -0.2) is 4.79 Å². The second-order valence-electron chi connectivity index (χ2n) is 5.67. The van der Waals surface area contributed by atoms with Crippen molar-refractivity contribution < 1.29 is 19.1 Å². The topological polar surface area (TPSA) is 89.7 Å². The van der Waals surface area contributed by atoms with Crippen LogP contribution in [0.2, 0.25) is 10.0 Å². The molecule has 0 aliphatic carbocycles. The predicted octanol–water partition coefficient (Wildman–Crippen LogP) is 3.46. The number of para-hydroxylation sites is 1. The fourth-order valence-electron chi connectivity index (χ4n) is 2.31. The Hall–Kier alpha value is -2.83. The van der Waals surface area contributed by atoms with Gasteiger partial charge in [0.2, 0.25) is 5.91 Å². The van der Waals surface area contributed by atoms with Gasteiger partial charge in [-0.1, -0.05) is 47.5 Å². The van der Waals surface area contributed by atoms with Crippen LogP contribution in [-0.2, 0) is 19.1 Å². The molecule has 0 radical (unpaired) electrons. The highest BCUT2D eigenvalue weighted by Crippen LogP contribution is 2.25. The predicted molar refractivity (Wildman–Crippen MR) is 109 cm³/mol. The number of rotatable bonds is 8. The molecule has 2 amide bonds. The van der Waals surface area contributed by atoms with E-state index in [2.05, 4.69) is 0 Å². The van der Waals surface area contributed by atoms with Gasteiger partial charge in [-0.05, 0) is 30.3 Å². The van der Waals surface area contributed by atoms with Crippen molar-refractivity contribution >= 4 is 52.7 Å². The average molecular weight is 421 g/mol. The lowest BCUT2D eigenvalue weighted by Crippen LogP contribution is -2.37. The van der Waals surface area contributed by atoms with Gasteiger partial charge in [0.1, 0.15) is 0 Å². The summed E-state index contributed by atoms with van der Waals surface area (Å²) in [6, 6.07) is 13.7. The number of esters is 1. The summed E-state index contributed by atoms with van der Waals surface area (Å²) in [7, 11) is 0. The summed E-state index contributed by atoms with van der Waals surface area (Å²) < 4.78 is 5.00. The maximum absolute atomic E-state index is 12.5. The molecule has 0 unspecified atom stereocenters. The monoisotopic (exact) mass is 420 g/mol. The first kappa shape index (κ1) is 21.5. The minimum atomic E-state index is -0.729. The Bertz CT molecular complexity index is 865. The molecule has 0 saturated carbocycles. The van der Waals surface area contributed by atoms with E-state index in [1.807, 2.05) is 0 Å². The SMILES string of the molecule is NC(=O)CCN(C(=O)COC(=O)/C=C/c1c(Cl)cccc1Cl)c1ccccc1. The zero-order valence-electron chi connectivity index (χ0n) is 14.8. The molecule has 0 aliphatic heterocycles. The molecule has 0 aliphatic rings. The number of amides is 2. The first-order valence-corrected chi connectivity index (χ1v) is 9.06. The van der Waals surface area contributed by atoms with Gasteiger partial charge >= 0.3 is 5.97 Å². The number of hydrogen-bond acceptors (Lipinski definition) is 4. The molecule has 146 valence electrons. The second-order valence-corrected chi connectivity index (χ2v) is 6.49. The molecule has 0 atom stereocenters. The maximum atomic E-state index is 12.5. The molecule has 2 rings (SSSR count). The van der Waals surface area contributed by atoms with Crippen LogP contribution in [0.25, 0.3) is 6.08 Å². The third-order valence-electron chi connectivity index (χ3n) is 3.67. The van der Waals surface area contributed by atoms with Crippen molar-refractivity contribution in [2.75, 3.05) is 18.1 Å². The number of hydrogen-bond donors (Lipinski definition) is 1. The first-order valence-electron chi connectivity index (χ1n) is 8.31. The van der Waals surface area contributed by atoms with E-state index in [0.717, 1.165) is 6.08 Å². The first-order chi connectivity index (χ1) is 13.4. The Morgan fingerprint density at radius 2 is 1.64 bits per heavy atom. The van der Waals surface area contributed by atoms with E-state index in [1.54, 1.807) is 48.5 Å². The van der Waals surface area contributed by atoms with Gasteiger partial charge in [0.05, 0.1) is 0 Å². The standard InChI is InChI=1S/C20H18Cl2N2O4/c21-16-7-4-8-17(22)15(16)9-10-20(27)28-13-19(26)24(12-11-18(23)25)14-5-2-1-3-6-14/h1-10H,11-13H2,(H2,23,25)/b10-9+. The summed E-state index contributed by atoms with van der Waals surface area (Å²) >= 11 is 12.0. The van der Waals surface area contributed by atoms with E-state index in [4.69, 9.17) is 33.7 Å². The van der Waals surface area contributed by atoms with Crippen molar-refractivity contribution in [3.8, 4) is 0 Å². The van der Waals surface area contributed by atoms with Crippen LogP contribution in [0.1, 0.15) is 12.0 Å². The van der Waals surface area contributed by atoms with Gasteiger partial charge in [0.15, 0.2) is 6.61 Å². The molecule has 0 spiro atoms. The quantitative estimate of drug-likeness (QED) is 0.522. The van der Waals surface area contributed by atoms with Gasteiger partial charge in [-0.15, -0.1) is 0 Å². The van der Waals surface area contributed by atoms with E-state index >= 15 is 0 Å². The van der Waals surface area contributed by atoms with Crippen molar-refractivity contribution in [2.45, 2.75) is 6.42 Å². The van der Waals surface area contributed by atoms with Crippen LogP contribution in [0.3, 0.4) is 0 Å². The molecule has 8 heteroatoms. The summed E-state index contributed by atoms with van der Waals surface area (Å²) in [4.78, 5) is 36.8. The number of halogens is 2. The van der Waals surface area contributed by atoms with Crippen LogP contribution >= 0.6 is 23.2 Å². The third-order valence-corrected chi connectivity index (χ3v) is 4.33. The average Bonchev–Trinajstić information content (AvgIpc) is 2.66. The highest BCUT2D eigenvalue weighted by molar-refractivity contribution is 6.37. The summed E-state index contributed by atoms with van der Waals surface area (Å²) in [6.07, 6.45) is 2.54. The van der Waals surface area contributed by atoms with Crippen molar-refractivity contribution in [3.63, 3.8) is 0 Å². The van der Waals surface area contributed by atoms with Gasteiger partial charge in [0, 0.05) is 40.3 Å². The van der Waals surface area contributed by atoms with E-state index < -0.39 is 24.4 Å². The fourth-order valence-corrected chi connectivity index (χ4v) is 2.83. The van der Waals surface area contributed by atoms with Crippen LogP contribution in [0, 0.1) is 0 Å². The zero-order chi connectivity index (χ0) is 20.5. The van der Waals surface area contributed by atoms with Crippen LogP contribution < -0.4 is 10.6 Å². The molecule has 2 aromatic carbocycles. The minimum Gasteiger partial charge on any atom is -0.452 e. The number of carbonyl (C=O) groups is 3. The smallest absolute Gasteiger partial charge is 0.331 e. The van der Waals surface area contributed by atoms with E-state index in [1.165, 1.54) is 11.0 Å². The number of ether oxygens (including phenoxy) is 1. The Balaban J connectivity index is 2.00. The molecular weight excluding hydrogens is 403 g/mol. The number of primary amides is 1. The van der Waals surface area contributed by atoms with Crippen LogP contribution in [0.5, 0.6) is 0 Å². The normalized spacial score (nSPS) is 10.6. The van der Waals surface area contributed by atoms with Crippen molar-refractivity contribution in [1.82, 2.24) is 0 Å². The lowest BCUT2D eigenvalue weighted by molar-refractivity contribution is -0.143. The van der Waals surface area contributed by atoms with Gasteiger partial charge in [-0.3, -0.25) is 9.59 Å². The number of nitrogens with two attached hydrogens (primary N) is 1. The van der Waals surface area contributed by atoms with Crippen LogP contribution in [0.4, 0.5) is 5.69 Å². The highest BCUT2D eigenvalue weighted by atomic mass is 35.5. The summed E-state index contributed by atoms with van der Waals surface area (Å²) in [5.41, 5.74) is 6.21. The molecule has 0 fully saturated rings.